The van der Waals surface area contributed by atoms with E-state index >= 15 is 0 Å². The summed E-state index contributed by atoms with van der Waals surface area (Å²) in [4.78, 5) is 25.5. The van der Waals surface area contributed by atoms with Crippen LogP contribution in [0.1, 0.15) is 35.4 Å². The van der Waals surface area contributed by atoms with Gasteiger partial charge < -0.3 is 15.2 Å². The van der Waals surface area contributed by atoms with Gasteiger partial charge in [0, 0.05) is 54.2 Å². The monoisotopic (exact) mass is 581 g/mol. The Labute approximate surface area is 242 Å². The number of hydrogen-bond acceptors (Lipinski definition) is 3. The Hall–Kier alpha value is -3.82. The number of aromatic nitrogens is 2. The Bertz CT molecular complexity index is 1470. The van der Waals surface area contributed by atoms with Crippen LogP contribution in [0.2, 0.25) is 5.02 Å². The summed E-state index contributed by atoms with van der Waals surface area (Å²) in [6.45, 7) is 4.46. The van der Waals surface area contributed by atoms with E-state index in [1.807, 2.05) is 66.4 Å². The lowest BCUT2D eigenvalue weighted by molar-refractivity contribution is -0.137. The average molecular weight is 582 g/mol. The summed E-state index contributed by atoms with van der Waals surface area (Å²) >= 11 is 6.45. The average Bonchev–Trinajstić information content (AvgIpc) is 3.33. The highest BCUT2D eigenvalue weighted by Gasteiger charge is 2.31. The second-order valence-electron chi connectivity index (χ2n) is 10.3. The van der Waals surface area contributed by atoms with Crippen LogP contribution in [0.15, 0.2) is 78.9 Å². The van der Waals surface area contributed by atoms with Crippen LogP contribution in [0.5, 0.6) is 0 Å². The maximum absolute atomic E-state index is 13.4. The van der Waals surface area contributed by atoms with Crippen molar-refractivity contribution < 1.29 is 18.0 Å². The van der Waals surface area contributed by atoms with Crippen molar-refractivity contribution in [2.24, 2.45) is 0 Å². The molecule has 0 aliphatic carbocycles. The van der Waals surface area contributed by atoms with Crippen molar-refractivity contribution in [3.63, 3.8) is 0 Å². The molecule has 41 heavy (non-hydrogen) atoms. The number of alkyl halides is 3. The summed E-state index contributed by atoms with van der Waals surface area (Å²) in [7, 11) is 0. The summed E-state index contributed by atoms with van der Waals surface area (Å²) in [5.41, 5.74) is 3.27. The van der Waals surface area contributed by atoms with Gasteiger partial charge in [0.25, 0.3) is 0 Å². The Morgan fingerprint density at radius 1 is 1.02 bits per heavy atom. The first kappa shape index (κ1) is 28.7. The van der Waals surface area contributed by atoms with E-state index in [0.29, 0.717) is 29.5 Å². The van der Waals surface area contributed by atoms with Crippen molar-refractivity contribution in [2.75, 3.05) is 18.4 Å². The smallest absolute Gasteiger partial charge is 0.342 e. The first-order chi connectivity index (χ1) is 19.7. The third-order valence-electron chi connectivity index (χ3n) is 7.43. The van der Waals surface area contributed by atoms with Gasteiger partial charge in [0.2, 0.25) is 0 Å². The maximum Gasteiger partial charge on any atom is 0.416 e. The zero-order valence-electron chi connectivity index (χ0n) is 22.6. The molecule has 0 atom stereocenters. The van der Waals surface area contributed by atoms with E-state index in [4.69, 9.17) is 16.6 Å². The van der Waals surface area contributed by atoms with Crippen LogP contribution in [-0.2, 0) is 19.3 Å². The summed E-state index contributed by atoms with van der Waals surface area (Å²) in [6.07, 6.45) is -2.82. The first-order valence-electron chi connectivity index (χ1n) is 13.5. The van der Waals surface area contributed by atoms with Gasteiger partial charge in [0.15, 0.2) is 0 Å². The van der Waals surface area contributed by atoms with Gasteiger partial charge in [-0.3, -0.25) is 4.90 Å². The number of benzene rings is 3. The minimum absolute atomic E-state index is 0.0224. The van der Waals surface area contributed by atoms with Gasteiger partial charge in [-0.25, -0.2) is 9.78 Å². The number of likely N-dealkylation sites (tertiary alicyclic amines) is 1. The largest absolute Gasteiger partial charge is 0.416 e. The molecule has 0 unspecified atom stereocenters. The quantitative estimate of drug-likeness (QED) is 0.234. The molecule has 1 aliphatic heterocycles. The molecule has 2 amide bonds. The highest BCUT2D eigenvalue weighted by Crippen LogP contribution is 2.31. The molecule has 1 saturated heterocycles. The molecule has 5 rings (SSSR count). The Kier molecular flexibility index (Phi) is 8.65. The summed E-state index contributed by atoms with van der Waals surface area (Å²) in [5.74, 6) is 0.546. The number of imidazole rings is 1. The van der Waals surface area contributed by atoms with Crippen LogP contribution in [0, 0.1) is 6.92 Å². The van der Waals surface area contributed by atoms with Crippen molar-refractivity contribution in [3.8, 4) is 11.4 Å². The predicted molar refractivity (Wildman–Crippen MR) is 155 cm³/mol. The highest BCUT2D eigenvalue weighted by atomic mass is 35.5. The Morgan fingerprint density at radius 3 is 2.34 bits per heavy atom. The normalized spacial score (nSPS) is 14.7. The fourth-order valence-corrected chi connectivity index (χ4v) is 5.29. The standard InChI is InChI=1S/C31H31ClF3N5O/c1-21-28(38-29(36-21)22-11-13-24(14-12-22)31(33,34)35)20-39-17-15-26(16-18-39)40(19-23-7-5-6-10-27(23)32)30(41)37-25-8-3-2-4-9-25/h2-14,26H,15-20H2,1H3,(H,36,38)(H,37,41). The number of aryl methyl sites for hydroxylation is 1. The molecular formula is C31H31ClF3N5O. The number of rotatable bonds is 7. The van der Waals surface area contributed by atoms with E-state index in [1.165, 1.54) is 12.1 Å². The zero-order chi connectivity index (χ0) is 29.0. The molecular weight excluding hydrogens is 551 g/mol. The topological polar surface area (TPSA) is 64.3 Å². The van der Waals surface area contributed by atoms with Crippen molar-refractivity contribution in [1.29, 1.82) is 0 Å². The lowest BCUT2D eigenvalue weighted by Gasteiger charge is -2.38. The SMILES string of the molecule is Cc1[nH]c(-c2ccc(C(F)(F)F)cc2)nc1CN1CCC(N(Cc2ccccc2Cl)C(=O)Nc2ccccc2)CC1. The van der Waals surface area contributed by atoms with Gasteiger partial charge in [0.05, 0.1) is 11.3 Å². The lowest BCUT2D eigenvalue weighted by atomic mass is 10.0. The van der Waals surface area contributed by atoms with E-state index in [2.05, 4.69) is 15.2 Å². The second-order valence-corrected chi connectivity index (χ2v) is 10.7. The maximum atomic E-state index is 13.4. The van der Waals surface area contributed by atoms with Crippen molar-refractivity contribution >= 4 is 23.3 Å². The van der Waals surface area contributed by atoms with Gasteiger partial charge >= 0.3 is 12.2 Å². The van der Waals surface area contributed by atoms with Crippen LogP contribution in [0.25, 0.3) is 11.4 Å². The number of urea groups is 1. The van der Waals surface area contributed by atoms with E-state index in [1.54, 1.807) is 0 Å². The van der Waals surface area contributed by atoms with Gasteiger partial charge in [-0.2, -0.15) is 13.2 Å². The number of aromatic amines is 1. The molecule has 0 saturated carbocycles. The molecule has 10 heteroatoms. The van der Waals surface area contributed by atoms with Crippen LogP contribution in [0.3, 0.4) is 0 Å². The number of hydrogen-bond donors (Lipinski definition) is 2. The summed E-state index contributed by atoms with van der Waals surface area (Å²) in [6, 6.07) is 21.8. The number of amides is 2. The summed E-state index contributed by atoms with van der Waals surface area (Å²) in [5, 5.41) is 3.65. The van der Waals surface area contributed by atoms with Crippen LogP contribution in [-0.4, -0.2) is 44.9 Å². The van der Waals surface area contributed by atoms with E-state index in [9.17, 15) is 18.0 Å². The van der Waals surface area contributed by atoms with E-state index in [-0.39, 0.29) is 12.1 Å². The van der Waals surface area contributed by atoms with Crippen LogP contribution >= 0.6 is 11.6 Å². The Morgan fingerprint density at radius 2 is 1.68 bits per heavy atom. The molecule has 3 aromatic carbocycles. The molecule has 0 bridgehead atoms. The number of carbonyl (C=O) groups is 1. The number of nitrogens with zero attached hydrogens (tertiary/aromatic N) is 3. The third-order valence-corrected chi connectivity index (χ3v) is 7.80. The highest BCUT2D eigenvalue weighted by molar-refractivity contribution is 6.31. The molecule has 2 N–H and O–H groups in total. The Balaban J connectivity index is 1.24. The zero-order valence-corrected chi connectivity index (χ0v) is 23.3. The minimum atomic E-state index is -4.37. The molecule has 0 spiro atoms. The van der Waals surface area contributed by atoms with Crippen molar-refractivity contribution in [2.45, 2.75) is 45.1 Å². The van der Waals surface area contributed by atoms with Gasteiger partial charge in [-0.15, -0.1) is 0 Å². The van der Waals surface area contributed by atoms with E-state index in [0.717, 1.165) is 60.7 Å². The molecule has 4 aromatic rings. The molecule has 1 aliphatic rings. The number of carbonyl (C=O) groups excluding carboxylic acids is 1. The number of piperidine rings is 1. The van der Waals surface area contributed by atoms with Crippen molar-refractivity contribution in [3.05, 3.63) is 106 Å². The second kappa shape index (κ2) is 12.4. The molecule has 0 radical (unpaired) electrons. The van der Waals surface area contributed by atoms with E-state index < -0.39 is 11.7 Å². The fourth-order valence-electron chi connectivity index (χ4n) is 5.10. The van der Waals surface area contributed by atoms with Gasteiger partial charge in [-0.1, -0.05) is 60.1 Å². The predicted octanol–water partition coefficient (Wildman–Crippen LogP) is 7.76. The van der Waals surface area contributed by atoms with Crippen molar-refractivity contribution in [1.82, 2.24) is 19.8 Å². The molecule has 214 valence electrons. The molecule has 1 fully saturated rings. The summed E-state index contributed by atoms with van der Waals surface area (Å²) < 4.78 is 38.8. The fraction of sp³-hybridized carbons (Fsp3) is 0.290. The minimum Gasteiger partial charge on any atom is -0.342 e. The third kappa shape index (κ3) is 7.10. The van der Waals surface area contributed by atoms with Gasteiger partial charge in [-0.05, 0) is 55.7 Å². The lowest BCUT2D eigenvalue weighted by Crippen LogP contribution is -2.48. The number of anilines is 1. The van der Waals surface area contributed by atoms with Gasteiger partial charge in [0.1, 0.15) is 5.82 Å². The van der Waals surface area contributed by atoms with Crippen LogP contribution < -0.4 is 5.32 Å². The molecule has 1 aromatic heterocycles. The number of halogens is 4. The molecule has 6 nitrogen and oxygen atoms in total. The molecule has 2 heterocycles. The number of nitrogens with one attached hydrogen (secondary N) is 2. The number of para-hydroxylation sites is 1. The first-order valence-corrected chi connectivity index (χ1v) is 13.9. The number of H-pyrrole nitrogens is 1. The van der Waals surface area contributed by atoms with Crippen LogP contribution in [0.4, 0.5) is 23.7 Å².